The van der Waals surface area contributed by atoms with Crippen molar-refractivity contribution >= 4 is 31.8 Å². The maximum atomic E-state index is 12.3. The van der Waals surface area contributed by atoms with Gasteiger partial charge in [-0.3, -0.25) is 4.72 Å². The second-order valence-corrected chi connectivity index (χ2v) is 8.87. The number of para-hydroxylation sites is 1. The molecule has 0 amide bonds. The monoisotopic (exact) mass is 380 g/mol. The zero-order chi connectivity index (χ0) is 18.7. The van der Waals surface area contributed by atoms with Gasteiger partial charge >= 0.3 is 0 Å². The topological polar surface area (TPSA) is 106 Å². The Morgan fingerprint density at radius 3 is 2.20 bits per heavy atom. The molecule has 0 aliphatic carbocycles. The summed E-state index contributed by atoms with van der Waals surface area (Å²) in [6.45, 7) is 4.03. The molecule has 0 bridgehead atoms. The van der Waals surface area contributed by atoms with E-state index in [1.165, 1.54) is 30.3 Å². The zero-order valence-electron chi connectivity index (χ0n) is 13.9. The van der Waals surface area contributed by atoms with E-state index in [-0.39, 0.29) is 16.5 Å². The maximum Gasteiger partial charge on any atom is 0.255 e. The molecule has 2 rings (SSSR count). The van der Waals surface area contributed by atoms with Gasteiger partial charge in [0, 0.05) is 0 Å². The van der Waals surface area contributed by atoms with Gasteiger partial charge in [0.15, 0.2) is 0 Å². The summed E-state index contributed by atoms with van der Waals surface area (Å²) in [5.41, 5.74) is 1.70. The minimum Gasteiger partial charge on any atom is -0.279 e. The number of hydrogen-bond acceptors (Lipinski definition) is 4. The van der Waals surface area contributed by atoms with Crippen LogP contribution in [0.5, 0.6) is 0 Å². The summed E-state index contributed by atoms with van der Waals surface area (Å²) in [7, 11) is -7.95. The standard InChI is InChI=1S/C17H20N2O4S2/c1-13(2)15-8-4-3-7-14(15)11-12-24(20,21)19-16-9-5-6-10-17(16)25(18,22)23/h3-13,19H,1-2H3,(H2,18,22,23)/b12-11+. The van der Waals surface area contributed by atoms with E-state index in [0.29, 0.717) is 0 Å². The lowest BCUT2D eigenvalue weighted by atomic mass is 9.97. The van der Waals surface area contributed by atoms with Crippen LogP contribution in [0.3, 0.4) is 0 Å². The third kappa shape index (κ3) is 5.15. The van der Waals surface area contributed by atoms with Crippen LogP contribution in [0.25, 0.3) is 6.08 Å². The zero-order valence-corrected chi connectivity index (χ0v) is 15.5. The van der Waals surface area contributed by atoms with Crippen LogP contribution in [-0.4, -0.2) is 16.8 Å². The van der Waals surface area contributed by atoms with Gasteiger partial charge in [0.1, 0.15) is 4.90 Å². The van der Waals surface area contributed by atoms with E-state index in [2.05, 4.69) is 4.72 Å². The van der Waals surface area contributed by atoms with Crippen molar-refractivity contribution in [1.82, 2.24) is 0 Å². The molecule has 2 aromatic carbocycles. The van der Waals surface area contributed by atoms with Crippen molar-refractivity contribution in [1.29, 1.82) is 0 Å². The van der Waals surface area contributed by atoms with E-state index in [1.807, 2.05) is 38.1 Å². The molecule has 0 saturated heterocycles. The molecule has 0 saturated carbocycles. The van der Waals surface area contributed by atoms with E-state index in [4.69, 9.17) is 5.14 Å². The first-order valence-corrected chi connectivity index (χ1v) is 10.6. The second kappa shape index (κ2) is 7.38. The molecule has 0 atom stereocenters. The lowest BCUT2D eigenvalue weighted by molar-refractivity contribution is 0.598. The van der Waals surface area contributed by atoms with Crippen molar-refractivity contribution in [2.45, 2.75) is 24.7 Å². The van der Waals surface area contributed by atoms with Crippen LogP contribution in [0.1, 0.15) is 30.9 Å². The summed E-state index contributed by atoms with van der Waals surface area (Å²) >= 11 is 0. The Kier molecular flexibility index (Phi) is 5.66. The van der Waals surface area contributed by atoms with Crippen molar-refractivity contribution in [3.05, 3.63) is 65.1 Å². The van der Waals surface area contributed by atoms with Gasteiger partial charge in [-0.05, 0) is 35.3 Å². The molecule has 0 heterocycles. The molecule has 0 spiro atoms. The van der Waals surface area contributed by atoms with Gasteiger partial charge in [0.05, 0.1) is 11.1 Å². The molecule has 0 aliphatic rings. The van der Waals surface area contributed by atoms with E-state index >= 15 is 0 Å². The Hall–Kier alpha value is -2.16. The number of primary sulfonamides is 1. The normalized spacial score (nSPS) is 12.6. The molecule has 3 N–H and O–H groups in total. The van der Waals surface area contributed by atoms with Crippen LogP contribution in [0.4, 0.5) is 5.69 Å². The Morgan fingerprint density at radius 1 is 0.960 bits per heavy atom. The lowest BCUT2D eigenvalue weighted by Crippen LogP contribution is -2.17. The number of sulfonamides is 2. The molecule has 0 aromatic heterocycles. The van der Waals surface area contributed by atoms with Gasteiger partial charge in [0.25, 0.3) is 10.0 Å². The molecule has 0 unspecified atom stereocenters. The van der Waals surface area contributed by atoms with Crippen molar-refractivity contribution in [2.24, 2.45) is 5.14 Å². The number of rotatable bonds is 6. The third-order valence-corrected chi connectivity index (χ3v) is 5.46. The average molecular weight is 380 g/mol. The maximum absolute atomic E-state index is 12.3. The Morgan fingerprint density at radius 2 is 1.56 bits per heavy atom. The summed E-state index contributed by atoms with van der Waals surface area (Å²) < 4.78 is 50.0. The number of benzene rings is 2. The van der Waals surface area contributed by atoms with Crippen molar-refractivity contribution in [3.63, 3.8) is 0 Å². The molecule has 0 fully saturated rings. The van der Waals surface area contributed by atoms with E-state index in [9.17, 15) is 16.8 Å². The van der Waals surface area contributed by atoms with E-state index < -0.39 is 20.0 Å². The fraction of sp³-hybridized carbons (Fsp3) is 0.176. The molecule has 0 radical (unpaired) electrons. The SMILES string of the molecule is CC(C)c1ccccc1/C=C/S(=O)(=O)Nc1ccccc1S(N)(=O)=O. The minimum atomic E-state index is -4.04. The fourth-order valence-electron chi connectivity index (χ4n) is 2.34. The highest BCUT2D eigenvalue weighted by Crippen LogP contribution is 2.23. The van der Waals surface area contributed by atoms with E-state index in [1.54, 1.807) is 0 Å². The summed E-state index contributed by atoms with van der Waals surface area (Å²) in [5.74, 6) is 0.236. The summed E-state index contributed by atoms with van der Waals surface area (Å²) in [6.07, 6.45) is 1.48. The van der Waals surface area contributed by atoms with Crippen molar-refractivity contribution < 1.29 is 16.8 Å². The lowest BCUT2D eigenvalue weighted by Gasteiger charge is -2.10. The minimum absolute atomic E-state index is 0.0909. The largest absolute Gasteiger partial charge is 0.279 e. The first kappa shape index (κ1) is 19.2. The second-order valence-electron chi connectivity index (χ2n) is 5.77. The number of hydrogen-bond donors (Lipinski definition) is 2. The molecular weight excluding hydrogens is 360 g/mol. The van der Waals surface area contributed by atoms with Crippen LogP contribution in [0.15, 0.2) is 58.8 Å². The van der Waals surface area contributed by atoms with Crippen LogP contribution >= 0.6 is 0 Å². The van der Waals surface area contributed by atoms with Crippen LogP contribution < -0.4 is 9.86 Å². The smallest absolute Gasteiger partial charge is 0.255 e. The Labute approximate surface area is 148 Å². The van der Waals surface area contributed by atoms with Gasteiger partial charge in [-0.15, -0.1) is 0 Å². The number of anilines is 1. The number of nitrogens with one attached hydrogen (secondary N) is 1. The van der Waals surface area contributed by atoms with Gasteiger partial charge in [-0.1, -0.05) is 50.2 Å². The van der Waals surface area contributed by atoms with E-state index in [0.717, 1.165) is 16.5 Å². The van der Waals surface area contributed by atoms with Crippen LogP contribution in [0, 0.1) is 0 Å². The molecule has 8 heteroatoms. The van der Waals surface area contributed by atoms with Crippen molar-refractivity contribution in [2.75, 3.05) is 4.72 Å². The predicted octanol–water partition coefficient (Wildman–Crippen LogP) is 2.87. The van der Waals surface area contributed by atoms with Gasteiger partial charge in [0.2, 0.25) is 10.0 Å². The highest BCUT2D eigenvalue weighted by Gasteiger charge is 2.16. The van der Waals surface area contributed by atoms with Gasteiger partial charge in [-0.25, -0.2) is 22.0 Å². The first-order valence-electron chi connectivity index (χ1n) is 7.52. The predicted molar refractivity (Wildman–Crippen MR) is 99.9 cm³/mol. The van der Waals surface area contributed by atoms with Gasteiger partial charge in [-0.2, -0.15) is 0 Å². The quantitative estimate of drug-likeness (QED) is 0.803. The molecular formula is C17H20N2O4S2. The molecule has 0 aliphatic heterocycles. The molecule has 2 aromatic rings. The van der Waals surface area contributed by atoms with Crippen LogP contribution in [0.2, 0.25) is 0 Å². The summed E-state index contributed by atoms with van der Waals surface area (Å²) in [5, 5.41) is 6.12. The Balaban J connectivity index is 2.34. The van der Waals surface area contributed by atoms with Crippen LogP contribution in [-0.2, 0) is 20.0 Å². The van der Waals surface area contributed by atoms with Gasteiger partial charge < -0.3 is 0 Å². The van der Waals surface area contributed by atoms with Crippen molar-refractivity contribution in [3.8, 4) is 0 Å². The highest BCUT2D eigenvalue weighted by molar-refractivity contribution is 7.95. The molecule has 25 heavy (non-hydrogen) atoms. The third-order valence-electron chi connectivity index (χ3n) is 3.49. The Bertz CT molecular complexity index is 995. The molecule has 134 valence electrons. The molecule has 6 nitrogen and oxygen atoms in total. The highest BCUT2D eigenvalue weighted by atomic mass is 32.2. The summed E-state index contributed by atoms with van der Waals surface area (Å²) in [6, 6.07) is 13.0. The fourth-order valence-corrected chi connectivity index (χ4v) is 3.97. The average Bonchev–Trinajstić information content (AvgIpc) is 2.52. The first-order chi connectivity index (χ1) is 11.6. The summed E-state index contributed by atoms with van der Waals surface area (Å²) in [4.78, 5) is -0.283. The number of nitrogens with two attached hydrogens (primary N) is 1.